The van der Waals surface area contributed by atoms with Gasteiger partial charge in [0.15, 0.2) is 0 Å². The Hall–Kier alpha value is -0.630. The second kappa shape index (κ2) is 6.01. The first-order valence-corrected chi connectivity index (χ1v) is 7.14. The highest BCUT2D eigenvalue weighted by molar-refractivity contribution is 5.13. The van der Waals surface area contributed by atoms with Crippen LogP contribution >= 0.6 is 0 Å². The van der Waals surface area contributed by atoms with Gasteiger partial charge in [0.1, 0.15) is 5.54 Å². The van der Waals surface area contributed by atoms with Crippen molar-refractivity contribution in [2.24, 2.45) is 5.92 Å². The van der Waals surface area contributed by atoms with Crippen molar-refractivity contribution in [3.63, 3.8) is 0 Å². The molecule has 1 saturated carbocycles. The molecule has 1 heterocycles. The molecule has 0 amide bonds. The zero-order chi connectivity index (χ0) is 13.0. The Morgan fingerprint density at radius 2 is 2.39 bits per heavy atom. The molecule has 2 rings (SSSR count). The van der Waals surface area contributed by atoms with Crippen LogP contribution in [0.2, 0.25) is 0 Å². The number of ether oxygens (including phenoxy) is 1. The molecule has 3 atom stereocenters. The van der Waals surface area contributed by atoms with Gasteiger partial charge in [-0.1, -0.05) is 6.42 Å². The van der Waals surface area contributed by atoms with E-state index >= 15 is 0 Å². The summed E-state index contributed by atoms with van der Waals surface area (Å²) in [5.74, 6) is 0.502. The van der Waals surface area contributed by atoms with Crippen LogP contribution in [-0.2, 0) is 4.74 Å². The van der Waals surface area contributed by atoms with Crippen LogP contribution in [0.1, 0.15) is 32.6 Å². The molecule has 4 nitrogen and oxygen atoms in total. The zero-order valence-electron chi connectivity index (χ0n) is 11.6. The lowest BCUT2D eigenvalue weighted by Gasteiger charge is -2.35. The van der Waals surface area contributed by atoms with Crippen molar-refractivity contribution in [1.82, 2.24) is 10.2 Å². The van der Waals surface area contributed by atoms with Crippen LogP contribution in [0, 0.1) is 17.2 Å². The van der Waals surface area contributed by atoms with Crippen molar-refractivity contribution >= 4 is 0 Å². The average molecular weight is 251 g/mol. The van der Waals surface area contributed by atoms with Crippen LogP contribution in [0.15, 0.2) is 0 Å². The van der Waals surface area contributed by atoms with Crippen molar-refractivity contribution in [1.29, 1.82) is 5.26 Å². The highest BCUT2D eigenvalue weighted by Crippen LogP contribution is 2.37. The van der Waals surface area contributed by atoms with Gasteiger partial charge in [0.25, 0.3) is 0 Å². The Labute approximate surface area is 110 Å². The van der Waals surface area contributed by atoms with E-state index in [4.69, 9.17) is 4.74 Å². The number of hydrogen-bond acceptors (Lipinski definition) is 4. The van der Waals surface area contributed by atoms with E-state index in [0.29, 0.717) is 12.0 Å². The number of nitrogens with zero attached hydrogens (tertiary/aromatic N) is 2. The summed E-state index contributed by atoms with van der Waals surface area (Å²) in [4.78, 5) is 2.50. The van der Waals surface area contributed by atoms with Gasteiger partial charge in [-0.2, -0.15) is 5.26 Å². The Bertz CT molecular complexity index is 315. The summed E-state index contributed by atoms with van der Waals surface area (Å²) in [5, 5.41) is 12.7. The summed E-state index contributed by atoms with van der Waals surface area (Å²) in [6, 6.07) is 3.04. The topological polar surface area (TPSA) is 48.3 Å². The van der Waals surface area contributed by atoms with E-state index in [1.807, 2.05) is 7.05 Å². The van der Waals surface area contributed by atoms with E-state index in [9.17, 15) is 5.26 Å². The monoisotopic (exact) mass is 251 g/mol. The smallest absolute Gasteiger partial charge is 0.109 e. The third kappa shape index (κ3) is 2.69. The SMILES string of the molecule is CNC1(C#N)CCCC1CCN1CCOCC1C. The third-order valence-corrected chi connectivity index (χ3v) is 4.74. The summed E-state index contributed by atoms with van der Waals surface area (Å²) in [7, 11) is 1.93. The summed E-state index contributed by atoms with van der Waals surface area (Å²) >= 11 is 0. The number of nitrogens with one attached hydrogen (secondary N) is 1. The molecular weight excluding hydrogens is 226 g/mol. The molecule has 0 aromatic carbocycles. The first kappa shape index (κ1) is 13.8. The van der Waals surface area contributed by atoms with E-state index in [2.05, 4.69) is 23.2 Å². The van der Waals surface area contributed by atoms with Crippen LogP contribution < -0.4 is 5.32 Å². The van der Waals surface area contributed by atoms with E-state index in [1.54, 1.807) is 0 Å². The van der Waals surface area contributed by atoms with Gasteiger partial charge in [-0.25, -0.2) is 0 Å². The quantitative estimate of drug-likeness (QED) is 0.820. The first-order chi connectivity index (χ1) is 8.72. The Kier molecular flexibility index (Phi) is 4.60. The van der Waals surface area contributed by atoms with Crippen LogP contribution in [0.3, 0.4) is 0 Å². The number of morpholine rings is 1. The normalized spacial score (nSPS) is 37.6. The van der Waals surface area contributed by atoms with E-state index in [0.717, 1.165) is 39.1 Å². The van der Waals surface area contributed by atoms with E-state index < -0.39 is 0 Å². The highest BCUT2D eigenvalue weighted by atomic mass is 16.5. The highest BCUT2D eigenvalue weighted by Gasteiger charge is 2.41. The van der Waals surface area contributed by atoms with Crippen molar-refractivity contribution < 1.29 is 4.74 Å². The number of rotatable bonds is 4. The molecule has 1 aliphatic heterocycles. The largest absolute Gasteiger partial charge is 0.379 e. The summed E-state index contributed by atoms with van der Waals surface area (Å²) < 4.78 is 5.46. The lowest BCUT2D eigenvalue weighted by atomic mass is 9.86. The summed E-state index contributed by atoms with van der Waals surface area (Å²) in [6.45, 7) is 6.06. The molecule has 18 heavy (non-hydrogen) atoms. The van der Waals surface area contributed by atoms with Crippen molar-refractivity contribution in [2.45, 2.75) is 44.2 Å². The zero-order valence-corrected chi connectivity index (χ0v) is 11.6. The molecule has 0 spiro atoms. The third-order valence-electron chi connectivity index (χ3n) is 4.74. The minimum atomic E-state index is -0.268. The van der Waals surface area contributed by atoms with Gasteiger partial charge >= 0.3 is 0 Å². The molecule has 0 radical (unpaired) electrons. The minimum absolute atomic E-state index is 0.268. The van der Waals surface area contributed by atoms with Crippen LogP contribution in [0.25, 0.3) is 0 Å². The Balaban J connectivity index is 1.87. The van der Waals surface area contributed by atoms with Gasteiger partial charge in [0.05, 0.1) is 19.3 Å². The standard InChI is InChI=1S/C14H25N3O/c1-12-10-18-9-8-17(12)7-5-13-4-3-6-14(13,11-15)16-2/h12-13,16H,3-10H2,1-2H3. The van der Waals surface area contributed by atoms with Crippen molar-refractivity contribution in [3.05, 3.63) is 0 Å². The van der Waals surface area contributed by atoms with Gasteiger partial charge in [-0.3, -0.25) is 4.90 Å². The van der Waals surface area contributed by atoms with Crippen molar-refractivity contribution in [2.75, 3.05) is 33.4 Å². The van der Waals surface area contributed by atoms with Gasteiger partial charge in [-0.15, -0.1) is 0 Å². The predicted octanol–water partition coefficient (Wildman–Crippen LogP) is 1.38. The fraction of sp³-hybridized carbons (Fsp3) is 0.929. The van der Waals surface area contributed by atoms with Gasteiger partial charge in [0.2, 0.25) is 0 Å². The van der Waals surface area contributed by atoms with Crippen molar-refractivity contribution in [3.8, 4) is 6.07 Å². The predicted molar refractivity (Wildman–Crippen MR) is 71.2 cm³/mol. The molecule has 0 aromatic heterocycles. The van der Waals surface area contributed by atoms with Crippen LogP contribution in [0.4, 0.5) is 0 Å². The van der Waals surface area contributed by atoms with Crippen LogP contribution in [-0.4, -0.2) is 49.8 Å². The molecular formula is C14H25N3O. The van der Waals surface area contributed by atoms with Gasteiger partial charge in [-0.05, 0) is 45.7 Å². The minimum Gasteiger partial charge on any atom is -0.379 e. The average Bonchev–Trinajstić information content (AvgIpc) is 2.81. The molecule has 1 N–H and O–H groups in total. The molecule has 4 heteroatoms. The first-order valence-electron chi connectivity index (χ1n) is 7.14. The van der Waals surface area contributed by atoms with Crippen LogP contribution in [0.5, 0.6) is 0 Å². The maximum Gasteiger partial charge on any atom is 0.109 e. The number of hydrogen-bond donors (Lipinski definition) is 1. The van der Waals surface area contributed by atoms with E-state index in [-0.39, 0.29) is 5.54 Å². The fourth-order valence-corrected chi connectivity index (χ4v) is 3.42. The molecule has 102 valence electrons. The number of nitriles is 1. The molecule has 0 bridgehead atoms. The van der Waals surface area contributed by atoms with E-state index in [1.165, 1.54) is 12.8 Å². The maximum atomic E-state index is 9.43. The Morgan fingerprint density at radius 1 is 1.56 bits per heavy atom. The second-order valence-electron chi connectivity index (χ2n) is 5.67. The Morgan fingerprint density at radius 3 is 3.06 bits per heavy atom. The fourth-order valence-electron chi connectivity index (χ4n) is 3.42. The summed E-state index contributed by atoms with van der Waals surface area (Å²) in [6.07, 6.45) is 4.49. The molecule has 2 aliphatic rings. The molecule has 2 fully saturated rings. The molecule has 1 saturated heterocycles. The molecule has 1 aliphatic carbocycles. The molecule has 3 unspecified atom stereocenters. The van der Waals surface area contributed by atoms with Gasteiger partial charge in [0, 0.05) is 12.6 Å². The summed E-state index contributed by atoms with van der Waals surface area (Å²) in [5.41, 5.74) is -0.268. The van der Waals surface area contributed by atoms with Gasteiger partial charge < -0.3 is 10.1 Å². The molecule has 0 aromatic rings. The second-order valence-corrected chi connectivity index (χ2v) is 5.67. The lowest BCUT2D eigenvalue weighted by Crippen LogP contribution is -2.48. The lowest BCUT2D eigenvalue weighted by molar-refractivity contribution is -0.00334. The maximum absolute atomic E-state index is 9.43.